The molecule has 0 aromatic heterocycles. The van der Waals surface area contributed by atoms with Crippen LogP contribution in [0.4, 0.5) is 0 Å². The van der Waals surface area contributed by atoms with Gasteiger partial charge in [0.2, 0.25) is 0 Å². The summed E-state index contributed by atoms with van der Waals surface area (Å²) < 4.78 is 4.70. The van der Waals surface area contributed by atoms with Gasteiger partial charge in [0.1, 0.15) is 4.84 Å². The van der Waals surface area contributed by atoms with Crippen molar-refractivity contribution in [1.82, 2.24) is 0 Å². The summed E-state index contributed by atoms with van der Waals surface area (Å²) >= 11 is 11.3. The number of carbonyl (C=O) groups is 1. The molecule has 1 fully saturated rings. The van der Waals surface area contributed by atoms with E-state index in [0.717, 1.165) is 0 Å². The summed E-state index contributed by atoms with van der Waals surface area (Å²) in [7, 11) is 1.41. The van der Waals surface area contributed by atoms with Crippen molar-refractivity contribution >= 4 is 29.2 Å². The number of esters is 1. The Hall–Kier alpha value is 0.0500. The number of ether oxygens (including phenoxy) is 1. The van der Waals surface area contributed by atoms with E-state index in [1.165, 1.54) is 7.11 Å². The predicted octanol–water partition coefficient (Wildman–Crippen LogP) is 2.63. The zero-order valence-electron chi connectivity index (χ0n) is 8.01. The van der Waals surface area contributed by atoms with Crippen LogP contribution < -0.4 is 0 Å². The molecule has 0 saturated heterocycles. The molecule has 0 radical (unpaired) electrons. The van der Waals surface area contributed by atoms with Crippen LogP contribution in [0.3, 0.4) is 0 Å². The fourth-order valence-corrected chi connectivity index (χ4v) is 2.35. The highest BCUT2D eigenvalue weighted by molar-refractivity contribution is 6.44. The molecule has 2 nitrogen and oxygen atoms in total. The van der Waals surface area contributed by atoms with Gasteiger partial charge in [-0.1, -0.05) is 13.8 Å². The summed E-state index contributed by atoms with van der Waals surface area (Å²) in [6, 6.07) is 0. The minimum absolute atomic E-state index is 0.00484. The summed E-state index contributed by atoms with van der Waals surface area (Å²) in [6.45, 7) is 4.07. The highest BCUT2D eigenvalue weighted by Crippen LogP contribution is 2.61. The van der Waals surface area contributed by atoms with E-state index in [1.807, 2.05) is 13.8 Å². The molecule has 0 aromatic carbocycles. The maximum atomic E-state index is 11.3. The largest absolute Gasteiger partial charge is 0.469 e. The summed E-state index contributed by atoms with van der Waals surface area (Å²) in [6.07, 6.45) is 0.663. The predicted molar refractivity (Wildman–Crippen MR) is 52.9 cm³/mol. The summed E-state index contributed by atoms with van der Waals surface area (Å²) in [5, 5.41) is 0. The van der Waals surface area contributed by atoms with Crippen molar-refractivity contribution in [2.75, 3.05) is 7.11 Å². The maximum absolute atomic E-state index is 11.3. The average molecular weight is 225 g/mol. The van der Waals surface area contributed by atoms with Crippen molar-refractivity contribution in [2.45, 2.75) is 25.1 Å². The van der Waals surface area contributed by atoms with Gasteiger partial charge in [-0.15, -0.1) is 23.2 Å². The molecule has 1 rings (SSSR count). The monoisotopic (exact) mass is 224 g/mol. The van der Waals surface area contributed by atoms with Crippen molar-refractivity contribution < 1.29 is 9.53 Å². The van der Waals surface area contributed by atoms with Gasteiger partial charge in [-0.25, -0.2) is 0 Å². The second-order valence-corrected chi connectivity index (χ2v) is 5.33. The van der Waals surface area contributed by atoms with E-state index in [1.54, 1.807) is 0 Å². The number of hydrogen-bond acceptors (Lipinski definition) is 2. The van der Waals surface area contributed by atoms with Gasteiger partial charge in [-0.3, -0.25) is 4.79 Å². The quantitative estimate of drug-likeness (QED) is 0.545. The van der Waals surface area contributed by atoms with Crippen LogP contribution in [0, 0.1) is 17.3 Å². The Bertz CT molecular complexity index is 214. The number of alkyl halides is 2. The van der Waals surface area contributed by atoms with E-state index in [2.05, 4.69) is 0 Å². The smallest absolute Gasteiger partial charge is 0.309 e. The summed E-state index contributed by atoms with van der Waals surface area (Å²) in [5.41, 5.74) is -0.00484. The van der Waals surface area contributed by atoms with Gasteiger partial charge in [0, 0.05) is 0 Å². The van der Waals surface area contributed by atoms with Crippen molar-refractivity contribution in [2.24, 2.45) is 17.3 Å². The standard InChI is InChI=1S/C9H14Cl2O2/c1-9(2)5(4-6(10)11)7(9)8(12)13-3/h5-7H,4H2,1-3H3. The number of halogens is 2. The first-order valence-electron chi connectivity index (χ1n) is 4.27. The molecule has 0 bridgehead atoms. The van der Waals surface area contributed by atoms with Crippen LogP contribution in [-0.4, -0.2) is 17.9 Å². The molecule has 0 spiro atoms. The molecule has 76 valence electrons. The molecular formula is C9H14Cl2O2. The number of rotatable bonds is 3. The third-order valence-electron chi connectivity index (χ3n) is 2.94. The highest BCUT2D eigenvalue weighted by Gasteiger charge is 2.62. The molecule has 0 aromatic rings. The third kappa shape index (κ3) is 2.10. The lowest BCUT2D eigenvalue weighted by molar-refractivity contribution is -0.143. The van der Waals surface area contributed by atoms with Crippen LogP contribution in [0.5, 0.6) is 0 Å². The van der Waals surface area contributed by atoms with E-state index < -0.39 is 0 Å². The molecule has 2 unspecified atom stereocenters. The Morgan fingerprint density at radius 1 is 1.54 bits per heavy atom. The molecule has 0 amide bonds. The Balaban J connectivity index is 2.55. The van der Waals surface area contributed by atoms with Gasteiger partial charge in [0.05, 0.1) is 13.0 Å². The van der Waals surface area contributed by atoms with Gasteiger partial charge >= 0.3 is 5.97 Å². The normalized spacial score (nSPS) is 30.3. The lowest BCUT2D eigenvalue weighted by atomic mass is 10.1. The second kappa shape index (κ2) is 3.66. The minimum Gasteiger partial charge on any atom is -0.469 e. The van der Waals surface area contributed by atoms with Crippen LogP contribution in [0.25, 0.3) is 0 Å². The molecule has 1 saturated carbocycles. The zero-order valence-corrected chi connectivity index (χ0v) is 9.52. The topological polar surface area (TPSA) is 26.3 Å². The molecule has 4 heteroatoms. The number of methoxy groups -OCH3 is 1. The fourth-order valence-electron chi connectivity index (χ4n) is 1.97. The summed E-state index contributed by atoms with van der Waals surface area (Å²) in [5.74, 6) is 0.0847. The molecule has 13 heavy (non-hydrogen) atoms. The molecule has 2 atom stereocenters. The van der Waals surface area contributed by atoms with Gasteiger partial charge in [0.15, 0.2) is 0 Å². The van der Waals surface area contributed by atoms with Crippen LogP contribution in [0.1, 0.15) is 20.3 Å². The van der Waals surface area contributed by atoms with E-state index in [9.17, 15) is 4.79 Å². The maximum Gasteiger partial charge on any atom is 0.309 e. The van der Waals surface area contributed by atoms with Crippen LogP contribution in [-0.2, 0) is 9.53 Å². The first-order chi connectivity index (χ1) is 5.91. The number of carbonyl (C=O) groups excluding carboxylic acids is 1. The van der Waals surface area contributed by atoms with Crippen molar-refractivity contribution in [3.8, 4) is 0 Å². The lowest BCUT2D eigenvalue weighted by Gasteiger charge is -2.01. The van der Waals surface area contributed by atoms with E-state index >= 15 is 0 Å². The van der Waals surface area contributed by atoms with Crippen molar-refractivity contribution in [3.63, 3.8) is 0 Å². The van der Waals surface area contributed by atoms with Crippen LogP contribution in [0.2, 0.25) is 0 Å². The highest BCUT2D eigenvalue weighted by atomic mass is 35.5. The fraction of sp³-hybridized carbons (Fsp3) is 0.889. The molecule has 0 aliphatic heterocycles. The summed E-state index contributed by atoms with van der Waals surface area (Å²) in [4.78, 5) is 10.9. The molecular weight excluding hydrogens is 211 g/mol. The van der Waals surface area contributed by atoms with E-state index in [0.29, 0.717) is 6.42 Å². The first-order valence-corrected chi connectivity index (χ1v) is 5.14. The van der Waals surface area contributed by atoms with Crippen LogP contribution in [0.15, 0.2) is 0 Å². The van der Waals surface area contributed by atoms with Gasteiger partial charge in [0.25, 0.3) is 0 Å². The molecule has 0 heterocycles. The Kier molecular flexibility index (Phi) is 3.13. The van der Waals surface area contributed by atoms with Crippen molar-refractivity contribution in [1.29, 1.82) is 0 Å². The van der Waals surface area contributed by atoms with Gasteiger partial charge < -0.3 is 4.74 Å². The number of hydrogen-bond donors (Lipinski definition) is 0. The Labute approximate surface area is 88.5 Å². The van der Waals surface area contributed by atoms with Crippen LogP contribution >= 0.6 is 23.2 Å². The van der Waals surface area contributed by atoms with E-state index in [4.69, 9.17) is 27.9 Å². The van der Waals surface area contributed by atoms with Gasteiger partial charge in [-0.05, 0) is 17.8 Å². The Morgan fingerprint density at radius 2 is 2.08 bits per heavy atom. The lowest BCUT2D eigenvalue weighted by Crippen LogP contribution is -2.07. The SMILES string of the molecule is COC(=O)C1C(CC(Cl)Cl)C1(C)C. The van der Waals surface area contributed by atoms with Crippen molar-refractivity contribution in [3.05, 3.63) is 0 Å². The third-order valence-corrected chi connectivity index (χ3v) is 3.29. The molecule has 0 N–H and O–H groups in total. The Morgan fingerprint density at radius 3 is 2.46 bits per heavy atom. The second-order valence-electron chi connectivity index (χ2n) is 4.06. The molecule has 1 aliphatic rings. The minimum atomic E-state index is -0.390. The first kappa shape index (κ1) is 11.1. The zero-order chi connectivity index (χ0) is 10.2. The average Bonchev–Trinajstić information content (AvgIpc) is 2.51. The molecule has 1 aliphatic carbocycles. The van der Waals surface area contributed by atoms with E-state index in [-0.39, 0.29) is 28.1 Å². The van der Waals surface area contributed by atoms with Gasteiger partial charge in [-0.2, -0.15) is 0 Å².